The molecule has 2 rings (SSSR count). The number of benzene rings is 2. The van der Waals surface area contributed by atoms with Gasteiger partial charge in [-0.15, -0.1) is 0 Å². The fraction of sp³-hybridized carbons (Fsp3) is 0.211. The van der Waals surface area contributed by atoms with Crippen LogP contribution >= 0.6 is 0 Å². The highest BCUT2D eigenvalue weighted by atomic mass is 19.1. The Kier molecular flexibility index (Phi) is 6.87. The van der Waals surface area contributed by atoms with E-state index in [4.69, 9.17) is 9.47 Å². The second-order valence-electron chi connectivity index (χ2n) is 5.54. The smallest absolute Gasteiger partial charge is 0.326 e. The SMILES string of the molecule is COc1ccc(C(=O)NCC(=O)OC(C)C(=O)Nc2ccc(F)cc2)cc1. The predicted molar refractivity (Wildman–Crippen MR) is 95.9 cm³/mol. The number of amides is 2. The highest BCUT2D eigenvalue weighted by Crippen LogP contribution is 2.11. The van der Waals surface area contributed by atoms with E-state index in [1.165, 1.54) is 38.3 Å². The summed E-state index contributed by atoms with van der Waals surface area (Å²) < 4.78 is 22.8. The third-order valence-corrected chi connectivity index (χ3v) is 3.53. The Bertz CT molecular complexity index is 806. The highest BCUT2D eigenvalue weighted by Gasteiger charge is 2.18. The number of esters is 1. The van der Waals surface area contributed by atoms with Crippen molar-refractivity contribution >= 4 is 23.5 Å². The number of hydrogen-bond donors (Lipinski definition) is 2. The summed E-state index contributed by atoms with van der Waals surface area (Å²) in [6, 6.07) is 11.5. The van der Waals surface area contributed by atoms with Crippen LogP contribution in [0.15, 0.2) is 48.5 Å². The Morgan fingerprint density at radius 2 is 1.67 bits per heavy atom. The van der Waals surface area contributed by atoms with Gasteiger partial charge in [-0.25, -0.2) is 4.39 Å². The van der Waals surface area contributed by atoms with Crippen LogP contribution in [0.1, 0.15) is 17.3 Å². The molecule has 0 saturated heterocycles. The van der Waals surface area contributed by atoms with Gasteiger partial charge in [-0.3, -0.25) is 14.4 Å². The number of ether oxygens (including phenoxy) is 2. The molecular weight excluding hydrogens is 355 g/mol. The van der Waals surface area contributed by atoms with Gasteiger partial charge in [-0.05, 0) is 55.5 Å². The standard InChI is InChI=1S/C19H19FN2O5/c1-12(18(24)22-15-7-5-14(20)6-8-15)27-17(23)11-21-19(25)13-3-9-16(26-2)10-4-13/h3-10,12H,11H2,1-2H3,(H,21,25)(H,22,24). The Morgan fingerprint density at radius 3 is 2.26 bits per heavy atom. The molecule has 0 saturated carbocycles. The molecule has 2 N–H and O–H groups in total. The predicted octanol–water partition coefficient (Wildman–Crippen LogP) is 2.13. The summed E-state index contributed by atoms with van der Waals surface area (Å²) in [5.74, 6) is -1.62. The third kappa shape index (κ3) is 6.10. The van der Waals surface area contributed by atoms with E-state index < -0.39 is 29.7 Å². The number of nitrogens with one attached hydrogen (secondary N) is 2. The van der Waals surface area contributed by atoms with E-state index in [-0.39, 0.29) is 6.54 Å². The first-order chi connectivity index (χ1) is 12.9. The number of carbonyl (C=O) groups is 3. The maximum Gasteiger partial charge on any atom is 0.326 e. The number of rotatable bonds is 7. The average Bonchev–Trinajstić information content (AvgIpc) is 2.67. The van der Waals surface area contributed by atoms with Gasteiger partial charge < -0.3 is 20.1 Å². The molecule has 7 nitrogen and oxygen atoms in total. The molecule has 2 amide bonds. The molecule has 0 heterocycles. The molecule has 0 aliphatic rings. The quantitative estimate of drug-likeness (QED) is 0.724. The van der Waals surface area contributed by atoms with Gasteiger partial charge in [0.05, 0.1) is 7.11 Å². The molecule has 2 aromatic rings. The Labute approximate surface area is 155 Å². The van der Waals surface area contributed by atoms with Crippen LogP contribution in [-0.2, 0) is 14.3 Å². The summed E-state index contributed by atoms with van der Waals surface area (Å²) >= 11 is 0. The van der Waals surface area contributed by atoms with Crippen LogP contribution in [0.3, 0.4) is 0 Å². The van der Waals surface area contributed by atoms with Crippen LogP contribution < -0.4 is 15.4 Å². The summed E-state index contributed by atoms with van der Waals surface area (Å²) in [5, 5.41) is 4.90. The van der Waals surface area contributed by atoms with Gasteiger partial charge in [-0.2, -0.15) is 0 Å². The lowest BCUT2D eigenvalue weighted by molar-refractivity contribution is -0.152. The lowest BCUT2D eigenvalue weighted by atomic mass is 10.2. The number of hydrogen-bond acceptors (Lipinski definition) is 5. The number of carbonyl (C=O) groups excluding carboxylic acids is 3. The minimum atomic E-state index is -1.08. The second-order valence-corrected chi connectivity index (χ2v) is 5.54. The van der Waals surface area contributed by atoms with Crippen molar-refractivity contribution < 1.29 is 28.2 Å². The second kappa shape index (κ2) is 9.33. The van der Waals surface area contributed by atoms with Crippen molar-refractivity contribution in [2.24, 2.45) is 0 Å². The Hall–Kier alpha value is -3.42. The van der Waals surface area contributed by atoms with Gasteiger partial charge in [0.1, 0.15) is 18.1 Å². The summed E-state index contributed by atoms with van der Waals surface area (Å²) in [4.78, 5) is 35.7. The van der Waals surface area contributed by atoms with Crippen molar-refractivity contribution in [2.75, 3.05) is 19.0 Å². The molecule has 0 radical (unpaired) electrons. The maximum absolute atomic E-state index is 12.8. The Balaban J connectivity index is 1.78. The minimum absolute atomic E-state index is 0.353. The largest absolute Gasteiger partial charge is 0.497 e. The average molecular weight is 374 g/mol. The molecule has 27 heavy (non-hydrogen) atoms. The van der Waals surface area contributed by atoms with Gasteiger partial charge in [-0.1, -0.05) is 0 Å². The zero-order chi connectivity index (χ0) is 19.8. The van der Waals surface area contributed by atoms with E-state index in [1.807, 2.05) is 0 Å². The van der Waals surface area contributed by atoms with Crippen molar-refractivity contribution in [1.29, 1.82) is 0 Å². The van der Waals surface area contributed by atoms with E-state index >= 15 is 0 Å². The van der Waals surface area contributed by atoms with Crippen molar-refractivity contribution in [3.63, 3.8) is 0 Å². The molecule has 0 aromatic heterocycles. The molecule has 8 heteroatoms. The fourth-order valence-electron chi connectivity index (χ4n) is 2.07. The molecule has 142 valence electrons. The normalized spacial score (nSPS) is 11.2. The Morgan fingerprint density at radius 1 is 1.04 bits per heavy atom. The van der Waals surface area contributed by atoms with Crippen LogP contribution in [0.5, 0.6) is 5.75 Å². The molecular formula is C19H19FN2O5. The van der Waals surface area contributed by atoms with E-state index in [2.05, 4.69) is 10.6 Å². The fourth-order valence-corrected chi connectivity index (χ4v) is 2.07. The summed E-state index contributed by atoms with van der Waals surface area (Å²) in [5.41, 5.74) is 0.725. The van der Waals surface area contributed by atoms with Crippen molar-refractivity contribution in [3.05, 3.63) is 59.9 Å². The van der Waals surface area contributed by atoms with Crippen molar-refractivity contribution in [2.45, 2.75) is 13.0 Å². The van der Waals surface area contributed by atoms with Gasteiger partial charge in [0.15, 0.2) is 6.10 Å². The third-order valence-electron chi connectivity index (χ3n) is 3.53. The summed E-state index contributed by atoms with van der Waals surface area (Å²) in [6.07, 6.45) is -1.08. The van der Waals surface area contributed by atoms with Gasteiger partial charge in [0, 0.05) is 11.3 Å². The first kappa shape index (κ1) is 19.9. The van der Waals surface area contributed by atoms with E-state index in [0.717, 1.165) is 0 Å². The van der Waals surface area contributed by atoms with Gasteiger partial charge in [0.25, 0.3) is 11.8 Å². The summed E-state index contributed by atoms with van der Waals surface area (Å²) in [7, 11) is 1.51. The molecule has 1 atom stereocenters. The van der Waals surface area contributed by atoms with Crippen molar-refractivity contribution in [1.82, 2.24) is 5.32 Å². The lowest BCUT2D eigenvalue weighted by Gasteiger charge is -2.14. The van der Waals surface area contributed by atoms with Crippen LogP contribution in [0.25, 0.3) is 0 Å². The molecule has 0 bridgehead atoms. The first-order valence-electron chi connectivity index (χ1n) is 8.07. The van der Waals surface area contributed by atoms with E-state index in [9.17, 15) is 18.8 Å². The minimum Gasteiger partial charge on any atom is -0.497 e. The molecule has 0 spiro atoms. The first-order valence-corrected chi connectivity index (χ1v) is 8.07. The van der Waals surface area contributed by atoms with Crippen LogP contribution in [0.4, 0.5) is 10.1 Å². The number of methoxy groups -OCH3 is 1. The molecule has 0 aliphatic carbocycles. The van der Waals surface area contributed by atoms with Crippen LogP contribution in [-0.4, -0.2) is 37.5 Å². The van der Waals surface area contributed by atoms with Crippen LogP contribution in [0.2, 0.25) is 0 Å². The lowest BCUT2D eigenvalue weighted by Crippen LogP contribution is -2.35. The molecule has 1 unspecified atom stereocenters. The topological polar surface area (TPSA) is 93.7 Å². The highest BCUT2D eigenvalue weighted by molar-refractivity contribution is 5.97. The van der Waals surface area contributed by atoms with Crippen molar-refractivity contribution in [3.8, 4) is 5.75 Å². The van der Waals surface area contributed by atoms with E-state index in [1.54, 1.807) is 24.3 Å². The zero-order valence-corrected chi connectivity index (χ0v) is 14.8. The number of halogens is 1. The molecule has 0 aliphatic heterocycles. The zero-order valence-electron chi connectivity index (χ0n) is 14.8. The van der Waals surface area contributed by atoms with Gasteiger partial charge in [0.2, 0.25) is 0 Å². The molecule has 2 aromatic carbocycles. The maximum atomic E-state index is 12.8. The monoisotopic (exact) mass is 374 g/mol. The summed E-state index contributed by atoms with van der Waals surface area (Å²) in [6.45, 7) is 1.00. The number of anilines is 1. The van der Waals surface area contributed by atoms with E-state index in [0.29, 0.717) is 17.0 Å². The molecule has 0 fully saturated rings. The van der Waals surface area contributed by atoms with Gasteiger partial charge >= 0.3 is 5.97 Å². The van der Waals surface area contributed by atoms with Crippen LogP contribution in [0, 0.1) is 5.82 Å².